The van der Waals surface area contributed by atoms with Gasteiger partial charge in [0.15, 0.2) is 0 Å². The van der Waals surface area contributed by atoms with E-state index in [-0.39, 0.29) is 11.0 Å². The molecule has 1 aromatic carbocycles. The largest absolute Gasteiger partial charge is 0.437 e. The zero-order valence-corrected chi connectivity index (χ0v) is 12.1. The molecule has 0 amide bonds. The highest BCUT2D eigenvalue weighted by atomic mass is 19.4. The maximum atomic E-state index is 13.3. The maximum absolute atomic E-state index is 13.3. The van der Waals surface area contributed by atoms with Crippen molar-refractivity contribution >= 4 is 16.7 Å². The molecular formula is C15H14F3N3O. The van der Waals surface area contributed by atoms with Crippen LogP contribution < -0.4 is 10.5 Å². The second kappa shape index (κ2) is 5.72. The summed E-state index contributed by atoms with van der Waals surface area (Å²) in [7, 11) is 0. The molecule has 0 aliphatic rings. The summed E-state index contributed by atoms with van der Waals surface area (Å²) < 4.78 is 44.9. The van der Waals surface area contributed by atoms with Gasteiger partial charge in [0.1, 0.15) is 17.2 Å². The van der Waals surface area contributed by atoms with E-state index in [4.69, 9.17) is 15.1 Å². The molecule has 0 saturated carbocycles. The average Bonchev–Trinajstić information content (AvgIpc) is 2.45. The lowest BCUT2D eigenvalue weighted by Gasteiger charge is -2.21. The van der Waals surface area contributed by atoms with Crippen LogP contribution in [0.25, 0.3) is 11.0 Å². The van der Waals surface area contributed by atoms with E-state index in [1.165, 1.54) is 18.2 Å². The Balaban J connectivity index is 2.83. The summed E-state index contributed by atoms with van der Waals surface area (Å²) in [6, 6.07) is 5.73. The van der Waals surface area contributed by atoms with Crippen LogP contribution in [0.3, 0.4) is 0 Å². The van der Waals surface area contributed by atoms with Crippen LogP contribution in [0.1, 0.15) is 25.0 Å². The number of hydrogen-bond acceptors (Lipinski definition) is 4. The van der Waals surface area contributed by atoms with E-state index in [9.17, 15) is 13.2 Å². The van der Waals surface area contributed by atoms with Crippen LogP contribution in [-0.2, 0) is 6.18 Å². The molecule has 0 saturated heterocycles. The monoisotopic (exact) mass is 309 g/mol. The van der Waals surface area contributed by atoms with Crippen molar-refractivity contribution in [3.05, 3.63) is 34.9 Å². The number of halogens is 3. The van der Waals surface area contributed by atoms with Gasteiger partial charge in [0.2, 0.25) is 5.55 Å². The van der Waals surface area contributed by atoms with Crippen molar-refractivity contribution < 1.29 is 17.6 Å². The van der Waals surface area contributed by atoms with Gasteiger partial charge in [0.05, 0.1) is 5.56 Å². The Hall–Kier alpha value is -2.49. The minimum atomic E-state index is -4.73. The second-order valence-corrected chi connectivity index (χ2v) is 4.64. The third kappa shape index (κ3) is 2.64. The van der Waals surface area contributed by atoms with Crippen LogP contribution in [0, 0.1) is 16.7 Å². The number of anilines is 1. The highest BCUT2D eigenvalue weighted by Crippen LogP contribution is 2.37. The molecular weight excluding hydrogens is 295 g/mol. The molecule has 116 valence electrons. The number of fused-ring (bicyclic) bond motifs is 1. The van der Waals surface area contributed by atoms with Gasteiger partial charge < -0.3 is 9.32 Å². The topological polar surface area (TPSA) is 64.0 Å². The summed E-state index contributed by atoms with van der Waals surface area (Å²) in [6.45, 7) is 5.25. The molecule has 4 nitrogen and oxygen atoms in total. The third-order valence-electron chi connectivity index (χ3n) is 3.45. The van der Waals surface area contributed by atoms with Crippen LogP contribution in [0.2, 0.25) is 0 Å². The van der Waals surface area contributed by atoms with E-state index in [1.54, 1.807) is 6.07 Å². The number of nitrogens with zero attached hydrogens (tertiary/aromatic N) is 2. The molecule has 2 rings (SSSR count). The normalized spacial score (nSPS) is 11.5. The lowest BCUT2D eigenvalue weighted by Crippen LogP contribution is -2.22. The highest BCUT2D eigenvalue weighted by Gasteiger charge is 2.37. The van der Waals surface area contributed by atoms with Gasteiger partial charge in [-0.15, -0.1) is 0 Å². The lowest BCUT2D eigenvalue weighted by atomic mass is 10.0. The van der Waals surface area contributed by atoms with Gasteiger partial charge in [-0.25, -0.2) is 0 Å². The van der Waals surface area contributed by atoms with Gasteiger partial charge in [-0.2, -0.15) is 18.4 Å². The molecule has 22 heavy (non-hydrogen) atoms. The van der Waals surface area contributed by atoms with E-state index >= 15 is 0 Å². The average molecular weight is 309 g/mol. The molecule has 1 aromatic heterocycles. The van der Waals surface area contributed by atoms with Crippen LogP contribution in [0.5, 0.6) is 0 Å². The van der Waals surface area contributed by atoms with E-state index in [0.717, 1.165) is 0 Å². The van der Waals surface area contributed by atoms with E-state index in [1.807, 2.05) is 18.7 Å². The molecule has 0 aliphatic carbocycles. The molecule has 0 atom stereocenters. The van der Waals surface area contributed by atoms with Crippen LogP contribution >= 0.6 is 0 Å². The first-order chi connectivity index (χ1) is 10.3. The van der Waals surface area contributed by atoms with E-state index < -0.39 is 22.9 Å². The number of nitriles is 1. The number of alkyl halides is 3. The minimum absolute atomic E-state index is 0.0549. The number of nitrogens with one attached hydrogen (secondary N) is 1. The highest BCUT2D eigenvalue weighted by molar-refractivity contribution is 5.85. The SMILES string of the molecule is CCN(CC)c1ccc2c(C(F)(F)F)c(C#N)c(=N)oc2c1. The molecule has 1 heterocycles. The Morgan fingerprint density at radius 1 is 1.27 bits per heavy atom. The molecule has 0 spiro atoms. The van der Waals surface area contributed by atoms with Crippen LogP contribution in [0.15, 0.2) is 22.6 Å². The van der Waals surface area contributed by atoms with Crippen molar-refractivity contribution in [2.75, 3.05) is 18.0 Å². The van der Waals surface area contributed by atoms with Gasteiger partial charge >= 0.3 is 6.18 Å². The van der Waals surface area contributed by atoms with Crippen molar-refractivity contribution in [3.63, 3.8) is 0 Å². The molecule has 0 aliphatic heterocycles. The van der Waals surface area contributed by atoms with Crippen LogP contribution in [0.4, 0.5) is 18.9 Å². The Morgan fingerprint density at radius 3 is 2.41 bits per heavy atom. The first-order valence-corrected chi connectivity index (χ1v) is 6.71. The summed E-state index contributed by atoms with van der Waals surface area (Å²) in [6.07, 6.45) is -4.73. The molecule has 2 aromatic rings. The van der Waals surface area contributed by atoms with Crippen molar-refractivity contribution in [1.29, 1.82) is 10.7 Å². The summed E-state index contributed by atoms with van der Waals surface area (Å²) >= 11 is 0. The quantitative estimate of drug-likeness (QED) is 0.941. The van der Waals surface area contributed by atoms with Gasteiger partial charge in [-0.3, -0.25) is 5.41 Å². The Kier molecular flexibility index (Phi) is 4.13. The summed E-state index contributed by atoms with van der Waals surface area (Å²) in [5.74, 6) is 0. The standard InChI is InChI=1S/C15H14F3N3O/c1-3-21(4-2)9-5-6-10-12(7-9)22-14(20)11(8-19)13(10)15(16,17)18/h5-7,20H,3-4H2,1-2H3. The predicted octanol–water partition coefficient (Wildman–Crippen LogP) is 3.65. The van der Waals surface area contributed by atoms with Crippen molar-refractivity contribution in [3.8, 4) is 6.07 Å². The van der Waals surface area contributed by atoms with E-state index in [0.29, 0.717) is 18.8 Å². The second-order valence-electron chi connectivity index (χ2n) is 4.64. The fraction of sp³-hybridized carbons (Fsp3) is 0.333. The third-order valence-corrected chi connectivity index (χ3v) is 3.45. The molecule has 7 heteroatoms. The number of benzene rings is 1. The fourth-order valence-electron chi connectivity index (χ4n) is 2.40. The van der Waals surface area contributed by atoms with Gasteiger partial charge in [-0.1, -0.05) is 0 Å². The zero-order chi connectivity index (χ0) is 16.5. The number of rotatable bonds is 3. The molecule has 0 unspecified atom stereocenters. The lowest BCUT2D eigenvalue weighted by molar-refractivity contribution is -0.136. The zero-order valence-electron chi connectivity index (χ0n) is 12.1. The van der Waals surface area contributed by atoms with Gasteiger partial charge in [0.25, 0.3) is 0 Å². The Bertz CT molecular complexity index is 799. The smallest absolute Gasteiger partial charge is 0.418 e. The number of hydrogen-bond donors (Lipinski definition) is 1. The first-order valence-electron chi connectivity index (χ1n) is 6.71. The summed E-state index contributed by atoms with van der Waals surface area (Å²) in [5, 5.41) is 16.2. The summed E-state index contributed by atoms with van der Waals surface area (Å²) in [5.41, 5.74) is -2.04. The van der Waals surface area contributed by atoms with Crippen molar-refractivity contribution in [2.45, 2.75) is 20.0 Å². The summed E-state index contributed by atoms with van der Waals surface area (Å²) in [4.78, 5) is 1.95. The van der Waals surface area contributed by atoms with Gasteiger partial charge in [0, 0.05) is 30.2 Å². The molecule has 0 bridgehead atoms. The first kappa shape index (κ1) is 15.9. The fourth-order valence-corrected chi connectivity index (χ4v) is 2.40. The maximum Gasteiger partial charge on any atom is 0.418 e. The molecule has 0 radical (unpaired) electrons. The van der Waals surface area contributed by atoms with Crippen LogP contribution in [-0.4, -0.2) is 13.1 Å². The van der Waals surface area contributed by atoms with E-state index in [2.05, 4.69) is 0 Å². The predicted molar refractivity (Wildman–Crippen MR) is 75.3 cm³/mol. The van der Waals surface area contributed by atoms with Crippen molar-refractivity contribution in [2.24, 2.45) is 0 Å². The van der Waals surface area contributed by atoms with Gasteiger partial charge in [-0.05, 0) is 26.0 Å². The minimum Gasteiger partial charge on any atom is -0.437 e. The Labute approximate surface area is 124 Å². The molecule has 1 N–H and O–H groups in total. The van der Waals surface area contributed by atoms with Crippen molar-refractivity contribution in [1.82, 2.24) is 0 Å². The Morgan fingerprint density at radius 2 is 1.91 bits per heavy atom. The molecule has 0 fully saturated rings.